The zero-order valence-corrected chi connectivity index (χ0v) is 9.21. The number of rotatable bonds is 1. The Bertz CT molecular complexity index is 461. The predicted octanol–water partition coefficient (Wildman–Crippen LogP) is 0.916. The lowest BCUT2D eigenvalue weighted by Gasteiger charge is -2.20. The maximum atomic E-state index is 4.59. The minimum absolute atomic E-state index is 0.775. The molecule has 0 saturated heterocycles. The zero-order valence-electron chi connectivity index (χ0n) is 8.40. The van der Waals surface area contributed by atoms with Crippen molar-refractivity contribution in [2.24, 2.45) is 0 Å². The van der Waals surface area contributed by atoms with Gasteiger partial charge in [-0.2, -0.15) is 5.10 Å². The van der Waals surface area contributed by atoms with Gasteiger partial charge >= 0.3 is 0 Å². The third-order valence-corrected chi connectivity index (χ3v) is 3.63. The van der Waals surface area contributed by atoms with E-state index in [4.69, 9.17) is 0 Å². The van der Waals surface area contributed by atoms with Crippen LogP contribution in [0.2, 0.25) is 0 Å². The molecule has 0 saturated carbocycles. The van der Waals surface area contributed by atoms with E-state index in [1.54, 1.807) is 11.3 Å². The van der Waals surface area contributed by atoms with Crippen LogP contribution in [0.3, 0.4) is 0 Å². The molecule has 78 valence electrons. The largest absolute Gasteiger partial charge is 0.301 e. The van der Waals surface area contributed by atoms with Gasteiger partial charge in [0.15, 0.2) is 10.8 Å². The van der Waals surface area contributed by atoms with Gasteiger partial charge in [-0.05, 0) is 7.05 Å². The molecule has 1 aliphatic heterocycles. The van der Waals surface area contributed by atoms with Crippen LogP contribution in [0, 0.1) is 0 Å². The SMILES string of the molecule is CN1CCc2nc(-c3ncn[nH]3)sc2C1. The highest BCUT2D eigenvalue weighted by Gasteiger charge is 2.19. The van der Waals surface area contributed by atoms with Crippen molar-refractivity contribution in [3.63, 3.8) is 0 Å². The maximum absolute atomic E-state index is 4.59. The molecule has 6 heteroatoms. The summed E-state index contributed by atoms with van der Waals surface area (Å²) in [7, 11) is 2.14. The molecule has 0 bridgehead atoms. The smallest absolute Gasteiger partial charge is 0.184 e. The van der Waals surface area contributed by atoms with Gasteiger partial charge in [-0.1, -0.05) is 0 Å². The number of nitrogens with one attached hydrogen (secondary N) is 1. The summed E-state index contributed by atoms with van der Waals surface area (Å²) in [6, 6.07) is 0. The quantitative estimate of drug-likeness (QED) is 0.778. The van der Waals surface area contributed by atoms with E-state index in [0.29, 0.717) is 0 Å². The number of nitrogens with zero attached hydrogens (tertiary/aromatic N) is 4. The molecule has 1 N–H and O–H groups in total. The first kappa shape index (κ1) is 8.99. The van der Waals surface area contributed by atoms with E-state index >= 15 is 0 Å². The van der Waals surface area contributed by atoms with Crippen LogP contribution in [0.4, 0.5) is 0 Å². The van der Waals surface area contributed by atoms with Crippen molar-refractivity contribution in [3.8, 4) is 10.8 Å². The summed E-state index contributed by atoms with van der Waals surface area (Å²) in [5, 5.41) is 7.64. The highest BCUT2D eigenvalue weighted by molar-refractivity contribution is 7.15. The molecule has 0 radical (unpaired) electrons. The van der Waals surface area contributed by atoms with Crippen molar-refractivity contribution >= 4 is 11.3 Å². The van der Waals surface area contributed by atoms with Crippen molar-refractivity contribution in [1.82, 2.24) is 25.1 Å². The number of hydrogen-bond acceptors (Lipinski definition) is 5. The highest BCUT2D eigenvalue weighted by Crippen LogP contribution is 2.28. The summed E-state index contributed by atoms with van der Waals surface area (Å²) in [5.41, 5.74) is 1.23. The van der Waals surface area contributed by atoms with Gasteiger partial charge in [0.1, 0.15) is 6.33 Å². The van der Waals surface area contributed by atoms with Gasteiger partial charge in [-0.3, -0.25) is 5.10 Å². The van der Waals surface area contributed by atoms with Crippen LogP contribution < -0.4 is 0 Å². The number of H-pyrrole nitrogens is 1. The number of thiazole rings is 1. The van der Waals surface area contributed by atoms with E-state index in [-0.39, 0.29) is 0 Å². The molecule has 3 heterocycles. The zero-order chi connectivity index (χ0) is 10.3. The Kier molecular flexibility index (Phi) is 2.03. The number of fused-ring (bicyclic) bond motifs is 1. The summed E-state index contributed by atoms with van der Waals surface area (Å²) in [6.07, 6.45) is 2.55. The van der Waals surface area contributed by atoms with Gasteiger partial charge in [0.2, 0.25) is 0 Å². The molecule has 2 aromatic rings. The van der Waals surface area contributed by atoms with E-state index in [0.717, 1.165) is 30.3 Å². The Balaban J connectivity index is 2.00. The third kappa shape index (κ3) is 1.55. The summed E-state index contributed by atoms with van der Waals surface area (Å²) < 4.78 is 0. The minimum Gasteiger partial charge on any atom is -0.301 e. The summed E-state index contributed by atoms with van der Waals surface area (Å²) >= 11 is 1.71. The maximum Gasteiger partial charge on any atom is 0.184 e. The molecule has 15 heavy (non-hydrogen) atoms. The summed E-state index contributed by atoms with van der Waals surface area (Å²) in [4.78, 5) is 12.4. The molecule has 0 aromatic carbocycles. The molecule has 0 unspecified atom stereocenters. The Morgan fingerprint density at radius 2 is 2.47 bits per heavy atom. The topological polar surface area (TPSA) is 57.7 Å². The molecular formula is C9H11N5S. The first-order valence-electron chi connectivity index (χ1n) is 4.86. The standard InChI is InChI=1S/C9H11N5S/c1-14-3-2-6-7(4-14)15-9(12-6)8-10-5-11-13-8/h5H,2-4H2,1H3,(H,10,11,13). The first-order chi connectivity index (χ1) is 7.33. The van der Waals surface area contributed by atoms with Gasteiger partial charge in [0.25, 0.3) is 0 Å². The molecular weight excluding hydrogens is 210 g/mol. The molecule has 3 rings (SSSR count). The molecule has 5 nitrogen and oxygen atoms in total. The molecule has 0 amide bonds. The van der Waals surface area contributed by atoms with Crippen molar-refractivity contribution in [1.29, 1.82) is 0 Å². The normalized spacial score (nSPS) is 16.6. The highest BCUT2D eigenvalue weighted by atomic mass is 32.1. The second-order valence-electron chi connectivity index (χ2n) is 3.71. The van der Waals surface area contributed by atoms with Crippen LogP contribution >= 0.6 is 11.3 Å². The van der Waals surface area contributed by atoms with Crippen molar-refractivity contribution < 1.29 is 0 Å². The van der Waals surface area contributed by atoms with Gasteiger partial charge in [-0.15, -0.1) is 11.3 Å². The van der Waals surface area contributed by atoms with Gasteiger partial charge in [0, 0.05) is 24.4 Å². The average Bonchev–Trinajstić information content (AvgIpc) is 2.84. The lowest BCUT2D eigenvalue weighted by molar-refractivity contribution is 0.314. The Morgan fingerprint density at radius 3 is 3.27 bits per heavy atom. The van der Waals surface area contributed by atoms with Crippen LogP contribution in [0.25, 0.3) is 10.8 Å². The third-order valence-electron chi connectivity index (χ3n) is 2.54. The first-order valence-corrected chi connectivity index (χ1v) is 5.67. The second-order valence-corrected chi connectivity index (χ2v) is 4.79. The van der Waals surface area contributed by atoms with Crippen molar-refractivity contribution in [2.45, 2.75) is 13.0 Å². The van der Waals surface area contributed by atoms with Crippen LogP contribution in [-0.2, 0) is 13.0 Å². The molecule has 0 aliphatic carbocycles. The van der Waals surface area contributed by atoms with Gasteiger partial charge in [-0.25, -0.2) is 9.97 Å². The van der Waals surface area contributed by atoms with E-state index in [1.807, 2.05) is 0 Å². The lowest BCUT2D eigenvalue weighted by atomic mass is 10.2. The van der Waals surface area contributed by atoms with E-state index in [1.165, 1.54) is 16.9 Å². The van der Waals surface area contributed by atoms with Crippen molar-refractivity contribution in [3.05, 3.63) is 16.9 Å². The lowest BCUT2D eigenvalue weighted by Crippen LogP contribution is -2.25. The number of aromatic amines is 1. The van der Waals surface area contributed by atoms with E-state index in [2.05, 4.69) is 32.1 Å². The Hall–Kier alpha value is -1.27. The molecule has 0 fully saturated rings. The predicted molar refractivity (Wildman–Crippen MR) is 57.5 cm³/mol. The summed E-state index contributed by atoms with van der Waals surface area (Å²) in [6.45, 7) is 2.09. The molecule has 2 aromatic heterocycles. The van der Waals surface area contributed by atoms with Gasteiger partial charge in [0.05, 0.1) is 5.69 Å². The molecule has 0 atom stereocenters. The Labute approximate surface area is 91.2 Å². The van der Waals surface area contributed by atoms with Crippen LogP contribution in [0.5, 0.6) is 0 Å². The van der Waals surface area contributed by atoms with Crippen LogP contribution in [-0.4, -0.2) is 38.7 Å². The fourth-order valence-corrected chi connectivity index (χ4v) is 2.87. The Morgan fingerprint density at radius 1 is 1.53 bits per heavy atom. The monoisotopic (exact) mass is 221 g/mol. The van der Waals surface area contributed by atoms with Crippen LogP contribution in [0.15, 0.2) is 6.33 Å². The fraction of sp³-hybridized carbons (Fsp3) is 0.444. The summed E-state index contributed by atoms with van der Waals surface area (Å²) in [5.74, 6) is 0.775. The molecule has 1 aliphatic rings. The number of likely N-dealkylation sites (N-methyl/N-ethyl adjacent to an activating group) is 1. The molecule has 0 spiro atoms. The number of aromatic nitrogens is 4. The van der Waals surface area contributed by atoms with Gasteiger partial charge < -0.3 is 4.90 Å². The van der Waals surface area contributed by atoms with E-state index < -0.39 is 0 Å². The minimum atomic E-state index is 0.775. The second kappa shape index (κ2) is 3.39. The number of hydrogen-bond donors (Lipinski definition) is 1. The van der Waals surface area contributed by atoms with Crippen LogP contribution in [0.1, 0.15) is 10.6 Å². The fourth-order valence-electron chi connectivity index (χ4n) is 1.73. The van der Waals surface area contributed by atoms with Crippen molar-refractivity contribution in [2.75, 3.05) is 13.6 Å². The van der Waals surface area contributed by atoms with E-state index in [9.17, 15) is 0 Å². The average molecular weight is 221 g/mol.